The molecular weight excluding hydrogens is 441 g/mol. The zero-order valence-corrected chi connectivity index (χ0v) is 18.7. The largest absolute Gasteiger partial charge is 0.349 e. The molecule has 0 N–H and O–H groups in total. The molecule has 2 fully saturated rings. The van der Waals surface area contributed by atoms with Gasteiger partial charge < -0.3 is 9.80 Å². The van der Waals surface area contributed by atoms with E-state index in [9.17, 15) is 8.78 Å². The minimum Gasteiger partial charge on any atom is -0.349 e. The summed E-state index contributed by atoms with van der Waals surface area (Å²) in [7, 11) is 1.60. The van der Waals surface area contributed by atoms with Crippen LogP contribution < -0.4 is 9.80 Å². The minimum absolute atomic E-state index is 0.173. The Labute approximate surface area is 186 Å². The fraction of sp³-hybridized carbons (Fsp3) is 0.429. The number of hydrogen-bond donors (Lipinski definition) is 0. The maximum absolute atomic E-state index is 14.2. The van der Waals surface area contributed by atoms with Gasteiger partial charge in [-0.15, -0.1) is 11.6 Å². The second kappa shape index (κ2) is 8.06. The van der Waals surface area contributed by atoms with Crippen molar-refractivity contribution in [3.8, 4) is 0 Å². The van der Waals surface area contributed by atoms with Crippen molar-refractivity contribution in [2.45, 2.75) is 36.3 Å². The predicted octanol–water partition coefficient (Wildman–Crippen LogP) is 4.50. The summed E-state index contributed by atoms with van der Waals surface area (Å²) in [6.45, 7) is 2.27. The maximum atomic E-state index is 14.2. The first-order valence-electron chi connectivity index (χ1n) is 10.3. The van der Waals surface area contributed by atoms with Gasteiger partial charge in [-0.25, -0.2) is 4.98 Å². The molecule has 2 atom stereocenters. The Morgan fingerprint density at radius 3 is 2.45 bits per heavy atom. The van der Waals surface area contributed by atoms with Crippen LogP contribution in [-0.2, 0) is 5.66 Å². The van der Waals surface area contributed by atoms with Gasteiger partial charge in [0.25, 0.3) is 0 Å². The van der Waals surface area contributed by atoms with Crippen molar-refractivity contribution in [3.05, 3.63) is 47.9 Å². The third-order valence-electron chi connectivity index (χ3n) is 5.95. The topological polar surface area (TPSA) is 58.0 Å². The van der Waals surface area contributed by atoms with Crippen LogP contribution in [0.3, 0.4) is 0 Å². The SMILES string of the molecule is FC(F)(P)c1ncccc1C1CCN1c1nc(N2CCC(Cl)CC2)nc2ncccc12. The number of nitrogens with zero attached hydrogens (tertiary/aromatic N) is 6. The molecule has 0 amide bonds. The fourth-order valence-corrected chi connectivity index (χ4v) is 4.71. The van der Waals surface area contributed by atoms with Gasteiger partial charge >= 0.3 is 5.66 Å². The monoisotopic (exact) mass is 462 g/mol. The highest BCUT2D eigenvalue weighted by Crippen LogP contribution is 2.45. The molecule has 0 aromatic carbocycles. The van der Waals surface area contributed by atoms with Crippen molar-refractivity contribution in [1.82, 2.24) is 19.9 Å². The van der Waals surface area contributed by atoms with E-state index in [-0.39, 0.29) is 17.1 Å². The van der Waals surface area contributed by atoms with Gasteiger partial charge in [0, 0.05) is 43.0 Å². The standard InChI is InChI=1S/C21H22ClF2N6P/c22-13-5-10-29(11-6-13)20-27-18-15(4-2-9-26-18)19(28-20)30-12-7-16(30)14-3-1-8-25-17(14)21(23,24)31/h1-4,8-9,13,16H,5-7,10-12,31H2. The lowest BCUT2D eigenvalue weighted by Crippen LogP contribution is -2.43. The lowest BCUT2D eigenvalue weighted by Gasteiger charge is -2.43. The molecule has 0 bridgehead atoms. The van der Waals surface area contributed by atoms with Crippen molar-refractivity contribution < 1.29 is 8.78 Å². The molecule has 31 heavy (non-hydrogen) atoms. The number of halogens is 3. The van der Waals surface area contributed by atoms with Gasteiger partial charge in [-0.05, 0) is 37.5 Å². The molecule has 2 aliphatic rings. The van der Waals surface area contributed by atoms with E-state index in [0.717, 1.165) is 43.6 Å². The van der Waals surface area contributed by atoms with Crippen molar-refractivity contribution in [2.75, 3.05) is 29.4 Å². The van der Waals surface area contributed by atoms with Gasteiger partial charge in [-0.2, -0.15) is 18.7 Å². The summed E-state index contributed by atoms with van der Waals surface area (Å²) in [5, 5.41) is 0.984. The Kier molecular flexibility index (Phi) is 5.39. The zero-order valence-electron chi connectivity index (χ0n) is 16.8. The Bertz CT molecular complexity index is 1100. The summed E-state index contributed by atoms with van der Waals surface area (Å²) in [5.41, 5.74) is -2.18. The summed E-state index contributed by atoms with van der Waals surface area (Å²) in [5.74, 6) is 1.33. The average Bonchev–Trinajstić information content (AvgIpc) is 2.73. The number of rotatable bonds is 4. The lowest BCUT2D eigenvalue weighted by atomic mass is 9.93. The summed E-state index contributed by atoms with van der Waals surface area (Å²) in [6.07, 6.45) is 5.60. The van der Waals surface area contributed by atoms with Crippen molar-refractivity contribution in [1.29, 1.82) is 0 Å². The smallest absolute Gasteiger partial charge is 0.300 e. The fourth-order valence-electron chi connectivity index (χ4n) is 4.27. The summed E-state index contributed by atoms with van der Waals surface area (Å²) >= 11 is 6.26. The molecule has 3 aromatic rings. The van der Waals surface area contributed by atoms with Crippen LogP contribution in [0.2, 0.25) is 0 Å². The highest BCUT2D eigenvalue weighted by Gasteiger charge is 2.39. The molecule has 2 unspecified atom stereocenters. The highest BCUT2D eigenvalue weighted by atomic mass is 35.5. The number of anilines is 2. The molecule has 162 valence electrons. The molecule has 2 aliphatic heterocycles. The summed E-state index contributed by atoms with van der Waals surface area (Å²) in [4.78, 5) is 22.2. The molecule has 0 spiro atoms. The Hall–Kier alpha value is -2.18. The van der Waals surface area contributed by atoms with Crippen molar-refractivity contribution >= 4 is 43.6 Å². The maximum Gasteiger partial charge on any atom is 0.300 e. The Morgan fingerprint density at radius 1 is 1.00 bits per heavy atom. The molecule has 0 aliphatic carbocycles. The Balaban J connectivity index is 1.56. The molecule has 3 aromatic heterocycles. The second-order valence-electron chi connectivity index (χ2n) is 7.95. The molecule has 5 rings (SSSR count). The van der Waals surface area contributed by atoms with Crippen molar-refractivity contribution in [3.63, 3.8) is 0 Å². The quantitative estimate of drug-likeness (QED) is 0.420. The predicted molar refractivity (Wildman–Crippen MR) is 121 cm³/mol. The van der Waals surface area contributed by atoms with Gasteiger partial charge in [0.2, 0.25) is 5.95 Å². The second-order valence-corrected chi connectivity index (χ2v) is 9.29. The van der Waals surface area contributed by atoms with E-state index in [1.807, 2.05) is 12.1 Å². The van der Waals surface area contributed by atoms with E-state index in [1.54, 1.807) is 27.6 Å². The van der Waals surface area contributed by atoms with Gasteiger partial charge in [-0.3, -0.25) is 4.98 Å². The first-order valence-corrected chi connectivity index (χ1v) is 11.3. The zero-order chi connectivity index (χ0) is 21.6. The number of piperidine rings is 1. The normalized spacial score (nSPS) is 20.2. The molecule has 0 radical (unpaired) electrons. The van der Waals surface area contributed by atoms with Crippen LogP contribution >= 0.6 is 20.8 Å². The lowest BCUT2D eigenvalue weighted by molar-refractivity contribution is 0.0964. The van der Waals surface area contributed by atoms with Crippen LogP contribution in [0.4, 0.5) is 20.5 Å². The molecule has 6 nitrogen and oxygen atoms in total. The van der Waals surface area contributed by atoms with Gasteiger partial charge in [0.15, 0.2) is 5.65 Å². The number of hydrogen-bond acceptors (Lipinski definition) is 6. The van der Waals surface area contributed by atoms with Crippen LogP contribution in [0.1, 0.15) is 36.6 Å². The van der Waals surface area contributed by atoms with Crippen LogP contribution in [0.5, 0.6) is 0 Å². The van der Waals surface area contributed by atoms with E-state index in [0.29, 0.717) is 23.7 Å². The minimum atomic E-state index is -3.09. The molecule has 0 saturated carbocycles. The Morgan fingerprint density at radius 2 is 1.74 bits per heavy atom. The van der Waals surface area contributed by atoms with Crippen LogP contribution in [0.15, 0.2) is 36.7 Å². The third-order valence-corrected chi connectivity index (χ3v) is 6.66. The highest BCUT2D eigenvalue weighted by molar-refractivity contribution is 7.17. The van der Waals surface area contributed by atoms with Gasteiger partial charge in [-0.1, -0.05) is 15.3 Å². The number of aromatic nitrogens is 4. The van der Waals surface area contributed by atoms with E-state index in [1.165, 1.54) is 6.20 Å². The van der Waals surface area contributed by atoms with Crippen LogP contribution in [-0.4, -0.2) is 44.9 Å². The third kappa shape index (κ3) is 3.92. The number of fused-ring (bicyclic) bond motifs is 1. The van der Waals surface area contributed by atoms with E-state index in [2.05, 4.69) is 24.8 Å². The first kappa shape index (κ1) is 20.7. The average molecular weight is 463 g/mol. The van der Waals surface area contributed by atoms with Crippen molar-refractivity contribution in [2.24, 2.45) is 0 Å². The van der Waals surface area contributed by atoms with E-state index < -0.39 is 5.66 Å². The molecule has 2 saturated heterocycles. The molecule has 5 heterocycles. The number of pyridine rings is 2. The number of alkyl halides is 3. The molecule has 10 heteroatoms. The van der Waals surface area contributed by atoms with Gasteiger partial charge in [0.1, 0.15) is 11.5 Å². The van der Waals surface area contributed by atoms with Crippen LogP contribution in [0, 0.1) is 0 Å². The summed E-state index contributed by atoms with van der Waals surface area (Å²) < 4.78 is 28.4. The van der Waals surface area contributed by atoms with E-state index >= 15 is 0 Å². The summed E-state index contributed by atoms with van der Waals surface area (Å²) in [6, 6.07) is 6.97. The first-order chi connectivity index (χ1) is 14.9. The molecular formula is C21H22ClF2N6P. The van der Waals surface area contributed by atoms with Gasteiger partial charge in [0.05, 0.1) is 11.4 Å². The van der Waals surface area contributed by atoms with E-state index in [4.69, 9.17) is 16.6 Å². The van der Waals surface area contributed by atoms with Crippen LogP contribution in [0.25, 0.3) is 11.0 Å².